The van der Waals surface area contributed by atoms with Crippen LogP contribution in [0.25, 0.3) is 0 Å². The van der Waals surface area contributed by atoms with E-state index in [2.05, 4.69) is 17.2 Å². The molecule has 78 valence electrons. The molecular weight excluding hydrogens is 186 g/mol. The van der Waals surface area contributed by atoms with Gasteiger partial charge in [0.05, 0.1) is 11.9 Å². The maximum atomic E-state index is 8.62. The Morgan fingerprint density at radius 3 is 2.87 bits per heavy atom. The van der Waals surface area contributed by atoms with Crippen molar-refractivity contribution >= 4 is 5.69 Å². The zero-order valence-electron chi connectivity index (χ0n) is 8.90. The van der Waals surface area contributed by atoms with Gasteiger partial charge in [0, 0.05) is 6.04 Å². The van der Waals surface area contributed by atoms with E-state index < -0.39 is 0 Å². The molecule has 2 unspecified atom stereocenters. The predicted octanol–water partition coefficient (Wildman–Crippen LogP) is 2.55. The molecule has 1 saturated carbocycles. The molecule has 3 heteroatoms. The van der Waals surface area contributed by atoms with Crippen LogP contribution >= 0.6 is 0 Å². The fraction of sp³-hybridized carbons (Fsp3) is 0.500. The fourth-order valence-electron chi connectivity index (χ4n) is 2.12. The molecular formula is C12H15N3. The molecule has 1 fully saturated rings. The lowest BCUT2D eigenvalue weighted by Gasteiger charge is -2.18. The standard InChI is InChI=1S/C12H15N3/c1-9-3-2-4-12(9)15-11-6-5-10(7-13)14-8-11/h5-6,8-9,12,15H,2-4H2,1H3. The number of hydrogen-bond acceptors (Lipinski definition) is 3. The SMILES string of the molecule is CC1CCCC1Nc1ccc(C#N)nc1. The lowest BCUT2D eigenvalue weighted by molar-refractivity contribution is 0.556. The van der Waals surface area contributed by atoms with Crippen LogP contribution in [0.3, 0.4) is 0 Å². The van der Waals surface area contributed by atoms with E-state index in [0.29, 0.717) is 11.7 Å². The number of aromatic nitrogens is 1. The van der Waals surface area contributed by atoms with Gasteiger partial charge in [0.2, 0.25) is 0 Å². The lowest BCUT2D eigenvalue weighted by Crippen LogP contribution is -2.21. The molecule has 1 aliphatic carbocycles. The van der Waals surface area contributed by atoms with Crippen LogP contribution < -0.4 is 5.32 Å². The van der Waals surface area contributed by atoms with Gasteiger partial charge in [-0.25, -0.2) is 4.98 Å². The van der Waals surface area contributed by atoms with Gasteiger partial charge in [0.15, 0.2) is 0 Å². The van der Waals surface area contributed by atoms with E-state index in [1.807, 2.05) is 12.1 Å². The number of hydrogen-bond donors (Lipinski definition) is 1. The van der Waals surface area contributed by atoms with Crippen LogP contribution in [0.1, 0.15) is 31.9 Å². The maximum absolute atomic E-state index is 8.62. The molecule has 1 aromatic heterocycles. The minimum Gasteiger partial charge on any atom is -0.381 e. The van der Waals surface area contributed by atoms with E-state index in [9.17, 15) is 0 Å². The molecule has 0 spiro atoms. The van der Waals surface area contributed by atoms with Crippen molar-refractivity contribution in [3.63, 3.8) is 0 Å². The van der Waals surface area contributed by atoms with Gasteiger partial charge in [-0.2, -0.15) is 5.26 Å². The Hall–Kier alpha value is -1.56. The summed E-state index contributed by atoms with van der Waals surface area (Å²) in [6.45, 7) is 2.28. The molecule has 2 rings (SSSR count). The van der Waals surface area contributed by atoms with Crippen LogP contribution in [0.4, 0.5) is 5.69 Å². The molecule has 1 N–H and O–H groups in total. The number of anilines is 1. The molecule has 2 atom stereocenters. The van der Waals surface area contributed by atoms with Gasteiger partial charge < -0.3 is 5.32 Å². The van der Waals surface area contributed by atoms with Crippen molar-refractivity contribution in [2.24, 2.45) is 5.92 Å². The van der Waals surface area contributed by atoms with Gasteiger partial charge in [-0.3, -0.25) is 0 Å². The smallest absolute Gasteiger partial charge is 0.140 e. The largest absolute Gasteiger partial charge is 0.381 e. The van der Waals surface area contributed by atoms with E-state index >= 15 is 0 Å². The average Bonchev–Trinajstić information content (AvgIpc) is 2.66. The molecule has 1 aliphatic rings. The van der Waals surface area contributed by atoms with Crippen LogP contribution in [0.5, 0.6) is 0 Å². The van der Waals surface area contributed by atoms with Gasteiger partial charge in [-0.1, -0.05) is 13.3 Å². The quantitative estimate of drug-likeness (QED) is 0.800. The molecule has 0 bridgehead atoms. The van der Waals surface area contributed by atoms with Crippen LogP contribution in [-0.2, 0) is 0 Å². The van der Waals surface area contributed by atoms with Gasteiger partial charge in [-0.05, 0) is 30.9 Å². The molecule has 0 aromatic carbocycles. The summed E-state index contributed by atoms with van der Waals surface area (Å²) in [4.78, 5) is 4.04. The van der Waals surface area contributed by atoms with E-state index in [1.165, 1.54) is 19.3 Å². The highest BCUT2D eigenvalue weighted by Crippen LogP contribution is 2.27. The maximum Gasteiger partial charge on any atom is 0.140 e. The molecule has 3 nitrogen and oxygen atoms in total. The molecule has 0 aliphatic heterocycles. The summed E-state index contributed by atoms with van der Waals surface area (Å²) in [5.74, 6) is 0.737. The third-order valence-corrected chi connectivity index (χ3v) is 3.09. The highest BCUT2D eigenvalue weighted by Gasteiger charge is 2.22. The summed E-state index contributed by atoms with van der Waals surface area (Å²) in [6, 6.07) is 6.27. The first-order valence-electron chi connectivity index (χ1n) is 5.42. The first kappa shape index (κ1) is 9.97. The summed E-state index contributed by atoms with van der Waals surface area (Å²) in [6.07, 6.45) is 5.59. The molecule has 1 aromatic rings. The number of pyridine rings is 1. The predicted molar refractivity (Wildman–Crippen MR) is 59.4 cm³/mol. The summed E-state index contributed by atoms with van der Waals surface area (Å²) < 4.78 is 0. The Kier molecular flexibility index (Phi) is 2.86. The lowest BCUT2D eigenvalue weighted by atomic mass is 10.1. The Labute approximate surface area is 90.1 Å². The number of rotatable bonds is 2. The Balaban J connectivity index is 2.02. The Morgan fingerprint density at radius 1 is 1.47 bits per heavy atom. The zero-order chi connectivity index (χ0) is 10.7. The second-order valence-corrected chi connectivity index (χ2v) is 4.20. The molecule has 15 heavy (non-hydrogen) atoms. The third-order valence-electron chi connectivity index (χ3n) is 3.09. The molecule has 0 radical (unpaired) electrons. The van der Waals surface area contributed by atoms with E-state index in [4.69, 9.17) is 5.26 Å². The number of nitriles is 1. The van der Waals surface area contributed by atoms with Crippen molar-refractivity contribution in [3.05, 3.63) is 24.0 Å². The van der Waals surface area contributed by atoms with E-state index in [-0.39, 0.29) is 0 Å². The Morgan fingerprint density at radius 2 is 2.33 bits per heavy atom. The fourth-order valence-corrected chi connectivity index (χ4v) is 2.12. The van der Waals surface area contributed by atoms with Gasteiger partial charge in [0.25, 0.3) is 0 Å². The van der Waals surface area contributed by atoms with Crippen LogP contribution in [0, 0.1) is 17.2 Å². The minimum absolute atomic E-state index is 0.472. The first-order valence-corrected chi connectivity index (χ1v) is 5.42. The summed E-state index contributed by atoms with van der Waals surface area (Å²) in [7, 11) is 0. The van der Waals surface area contributed by atoms with Crippen molar-refractivity contribution in [2.45, 2.75) is 32.2 Å². The van der Waals surface area contributed by atoms with Crippen LogP contribution in [-0.4, -0.2) is 11.0 Å². The minimum atomic E-state index is 0.472. The van der Waals surface area contributed by atoms with Gasteiger partial charge >= 0.3 is 0 Å². The number of nitrogens with zero attached hydrogens (tertiary/aromatic N) is 2. The summed E-state index contributed by atoms with van der Waals surface area (Å²) in [5, 5.41) is 12.1. The normalized spacial score (nSPS) is 24.8. The highest BCUT2D eigenvalue weighted by atomic mass is 14.9. The van der Waals surface area contributed by atoms with Crippen molar-refractivity contribution in [1.29, 1.82) is 5.26 Å². The molecule has 0 amide bonds. The zero-order valence-corrected chi connectivity index (χ0v) is 8.90. The first-order chi connectivity index (χ1) is 7.29. The second-order valence-electron chi connectivity index (χ2n) is 4.20. The van der Waals surface area contributed by atoms with E-state index in [0.717, 1.165) is 11.6 Å². The second kappa shape index (κ2) is 4.31. The molecule has 0 saturated heterocycles. The van der Waals surface area contributed by atoms with Crippen LogP contribution in [0.2, 0.25) is 0 Å². The monoisotopic (exact) mass is 201 g/mol. The number of nitrogens with one attached hydrogen (secondary N) is 1. The average molecular weight is 201 g/mol. The van der Waals surface area contributed by atoms with Gasteiger partial charge in [0.1, 0.15) is 11.8 Å². The van der Waals surface area contributed by atoms with Gasteiger partial charge in [-0.15, -0.1) is 0 Å². The Bertz CT molecular complexity index is 363. The molecule has 1 heterocycles. The van der Waals surface area contributed by atoms with Crippen molar-refractivity contribution in [2.75, 3.05) is 5.32 Å². The topological polar surface area (TPSA) is 48.7 Å². The van der Waals surface area contributed by atoms with Crippen molar-refractivity contribution < 1.29 is 0 Å². The van der Waals surface area contributed by atoms with E-state index in [1.54, 1.807) is 12.3 Å². The highest BCUT2D eigenvalue weighted by molar-refractivity contribution is 5.43. The third kappa shape index (κ3) is 2.27. The van der Waals surface area contributed by atoms with Crippen LogP contribution in [0.15, 0.2) is 18.3 Å². The summed E-state index contributed by atoms with van der Waals surface area (Å²) in [5.41, 5.74) is 1.49. The summed E-state index contributed by atoms with van der Waals surface area (Å²) >= 11 is 0. The van der Waals surface area contributed by atoms with Crippen molar-refractivity contribution in [1.82, 2.24) is 4.98 Å². The van der Waals surface area contributed by atoms with Crippen molar-refractivity contribution in [3.8, 4) is 6.07 Å².